The molecule has 1 atom stereocenters. The predicted molar refractivity (Wildman–Crippen MR) is 59.9 cm³/mol. The van der Waals surface area contributed by atoms with Crippen LogP contribution in [0.2, 0.25) is 0 Å². The van der Waals surface area contributed by atoms with E-state index in [-0.39, 0.29) is 18.5 Å². The number of carbonyl (C=O) groups is 1. The first kappa shape index (κ1) is 12.7. The first-order valence-electron chi connectivity index (χ1n) is 5.23. The van der Waals surface area contributed by atoms with E-state index in [4.69, 9.17) is 9.15 Å². The summed E-state index contributed by atoms with van der Waals surface area (Å²) in [7, 11) is 1.61. The molecular formula is C11H18N2O3. The van der Waals surface area contributed by atoms with Gasteiger partial charge in [-0.1, -0.05) is 0 Å². The summed E-state index contributed by atoms with van der Waals surface area (Å²) in [6, 6.07) is 3.71. The molecule has 1 aromatic rings. The highest BCUT2D eigenvalue weighted by Crippen LogP contribution is 1.97. The zero-order valence-electron chi connectivity index (χ0n) is 9.66. The van der Waals surface area contributed by atoms with Crippen LogP contribution >= 0.6 is 0 Å². The molecule has 0 aliphatic rings. The van der Waals surface area contributed by atoms with Crippen molar-refractivity contribution in [2.24, 2.45) is 0 Å². The van der Waals surface area contributed by atoms with Crippen molar-refractivity contribution in [3.63, 3.8) is 0 Å². The summed E-state index contributed by atoms with van der Waals surface area (Å²) < 4.78 is 10.0. The van der Waals surface area contributed by atoms with Gasteiger partial charge in [0, 0.05) is 13.2 Å². The van der Waals surface area contributed by atoms with Gasteiger partial charge in [0.05, 0.1) is 26.0 Å². The van der Waals surface area contributed by atoms with Crippen LogP contribution in [0.4, 0.5) is 0 Å². The van der Waals surface area contributed by atoms with E-state index in [0.717, 1.165) is 5.76 Å². The van der Waals surface area contributed by atoms with Crippen molar-refractivity contribution in [2.75, 3.05) is 20.3 Å². The van der Waals surface area contributed by atoms with Crippen molar-refractivity contribution in [2.45, 2.75) is 19.5 Å². The van der Waals surface area contributed by atoms with Crippen molar-refractivity contribution >= 4 is 5.91 Å². The number of ether oxygens (including phenoxy) is 1. The van der Waals surface area contributed by atoms with Gasteiger partial charge in [-0.05, 0) is 19.1 Å². The fourth-order valence-electron chi connectivity index (χ4n) is 1.33. The number of methoxy groups -OCH3 is 1. The minimum atomic E-state index is -0.0453. The first-order chi connectivity index (χ1) is 7.72. The molecule has 1 heterocycles. The molecule has 5 nitrogen and oxygen atoms in total. The van der Waals surface area contributed by atoms with Crippen molar-refractivity contribution < 1.29 is 13.9 Å². The standard InChI is InChI=1S/C11H18N2O3/c1-9(8-15-2)13-11(14)7-12-6-10-4-3-5-16-10/h3-5,9,12H,6-8H2,1-2H3,(H,13,14). The number of hydrogen-bond donors (Lipinski definition) is 2. The molecule has 0 saturated heterocycles. The van der Waals surface area contributed by atoms with E-state index in [1.807, 2.05) is 19.1 Å². The minimum absolute atomic E-state index is 0.0305. The van der Waals surface area contributed by atoms with E-state index in [0.29, 0.717) is 13.2 Å². The molecule has 1 rings (SSSR count). The van der Waals surface area contributed by atoms with Gasteiger partial charge in [-0.25, -0.2) is 0 Å². The van der Waals surface area contributed by atoms with Gasteiger partial charge < -0.3 is 19.8 Å². The summed E-state index contributed by atoms with van der Waals surface area (Å²) >= 11 is 0. The maximum atomic E-state index is 11.4. The normalized spacial score (nSPS) is 12.4. The Labute approximate surface area is 95.2 Å². The third-order valence-electron chi connectivity index (χ3n) is 1.99. The van der Waals surface area contributed by atoms with E-state index in [9.17, 15) is 4.79 Å². The Hall–Kier alpha value is -1.33. The maximum absolute atomic E-state index is 11.4. The van der Waals surface area contributed by atoms with E-state index in [2.05, 4.69) is 10.6 Å². The summed E-state index contributed by atoms with van der Waals surface area (Å²) in [6.07, 6.45) is 1.61. The molecule has 1 unspecified atom stereocenters. The van der Waals surface area contributed by atoms with Crippen LogP contribution in [-0.2, 0) is 16.1 Å². The lowest BCUT2D eigenvalue weighted by Gasteiger charge is -2.12. The zero-order chi connectivity index (χ0) is 11.8. The molecule has 16 heavy (non-hydrogen) atoms. The molecule has 0 aliphatic heterocycles. The number of rotatable bonds is 7. The number of nitrogens with one attached hydrogen (secondary N) is 2. The van der Waals surface area contributed by atoms with Gasteiger partial charge in [0.1, 0.15) is 5.76 Å². The van der Waals surface area contributed by atoms with Crippen LogP contribution in [0.3, 0.4) is 0 Å². The Morgan fingerprint density at radius 1 is 1.62 bits per heavy atom. The molecule has 2 N–H and O–H groups in total. The fraction of sp³-hybridized carbons (Fsp3) is 0.545. The molecule has 0 spiro atoms. The van der Waals surface area contributed by atoms with Gasteiger partial charge in [-0.15, -0.1) is 0 Å². The molecule has 90 valence electrons. The summed E-state index contributed by atoms with van der Waals surface area (Å²) in [5.41, 5.74) is 0. The summed E-state index contributed by atoms with van der Waals surface area (Å²) in [5.74, 6) is 0.772. The highest BCUT2D eigenvalue weighted by molar-refractivity contribution is 5.78. The van der Waals surface area contributed by atoms with Crippen molar-refractivity contribution in [3.05, 3.63) is 24.2 Å². The van der Waals surface area contributed by atoms with Crippen molar-refractivity contribution in [1.82, 2.24) is 10.6 Å². The van der Waals surface area contributed by atoms with Crippen LogP contribution in [-0.4, -0.2) is 32.2 Å². The van der Waals surface area contributed by atoms with Gasteiger partial charge in [0.25, 0.3) is 0 Å². The van der Waals surface area contributed by atoms with Crippen LogP contribution in [0.5, 0.6) is 0 Å². The van der Waals surface area contributed by atoms with Gasteiger partial charge in [-0.2, -0.15) is 0 Å². The van der Waals surface area contributed by atoms with Crippen LogP contribution in [0.15, 0.2) is 22.8 Å². The second-order valence-corrected chi connectivity index (χ2v) is 3.61. The Morgan fingerprint density at radius 3 is 3.06 bits per heavy atom. The molecule has 5 heteroatoms. The molecule has 1 amide bonds. The molecule has 0 radical (unpaired) electrons. The maximum Gasteiger partial charge on any atom is 0.234 e. The second-order valence-electron chi connectivity index (χ2n) is 3.61. The SMILES string of the molecule is COCC(C)NC(=O)CNCc1ccco1. The minimum Gasteiger partial charge on any atom is -0.468 e. The highest BCUT2D eigenvalue weighted by atomic mass is 16.5. The van der Waals surface area contributed by atoms with Crippen LogP contribution in [0.1, 0.15) is 12.7 Å². The van der Waals surface area contributed by atoms with Crippen molar-refractivity contribution in [1.29, 1.82) is 0 Å². The van der Waals surface area contributed by atoms with E-state index in [1.54, 1.807) is 13.4 Å². The van der Waals surface area contributed by atoms with Gasteiger partial charge in [0.2, 0.25) is 5.91 Å². The molecule has 0 aliphatic carbocycles. The molecule has 0 aromatic carbocycles. The average Bonchev–Trinajstić information content (AvgIpc) is 2.70. The largest absolute Gasteiger partial charge is 0.468 e. The quantitative estimate of drug-likeness (QED) is 0.711. The molecule has 0 saturated carbocycles. The number of carbonyl (C=O) groups excluding carboxylic acids is 1. The van der Waals surface area contributed by atoms with Crippen LogP contribution in [0.25, 0.3) is 0 Å². The lowest BCUT2D eigenvalue weighted by atomic mass is 10.3. The summed E-state index contributed by atoms with van der Waals surface area (Å²) in [5, 5.41) is 5.79. The van der Waals surface area contributed by atoms with Gasteiger partial charge >= 0.3 is 0 Å². The summed E-state index contributed by atoms with van der Waals surface area (Å²) in [6.45, 7) is 3.24. The van der Waals surface area contributed by atoms with Crippen LogP contribution < -0.4 is 10.6 Å². The van der Waals surface area contributed by atoms with Crippen molar-refractivity contribution in [3.8, 4) is 0 Å². The number of furan rings is 1. The third-order valence-corrected chi connectivity index (χ3v) is 1.99. The van der Waals surface area contributed by atoms with E-state index in [1.165, 1.54) is 0 Å². The van der Waals surface area contributed by atoms with Crippen LogP contribution in [0, 0.1) is 0 Å². The lowest BCUT2D eigenvalue weighted by molar-refractivity contribution is -0.121. The Morgan fingerprint density at radius 2 is 2.44 bits per heavy atom. The smallest absolute Gasteiger partial charge is 0.234 e. The summed E-state index contributed by atoms with van der Waals surface area (Å²) in [4.78, 5) is 11.4. The predicted octanol–water partition coefficient (Wildman–Crippen LogP) is 0.520. The third kappa shape index (κ3) is 4.95. The average molecular weight is 226 g/mol. The Bertz CT molecular complexity index is 298. The highest BCUT2D eigenvalue weighted by Gasteiger charge is 2.06. The lowest BCUT2D eigenvalue weighted by Crippen LogP contribution is -2.40. The monoisotopic (exact) mass is 226 g/mol. The van der Waals surface area contributed by atoms with E-state index >= 15 is 0 Å². The molecule has 0 bridgehead atoms. The van der Waals surface area contributed by atoms with Gasteiger partial charge in [0.15, 0.2) is 0 Å². The Balaban J connectivity index is 2.10. The van der Waals surface area contributed by atoms with Gasteiger partial charge in [-0.3, -0.25) is 4.79 Å². The molecule has 0 fully saturated rings. The molecule has 1 aromatic heterocycles. The topological polar surface area (TPSA) is 63.5 Å². The first-order valence-corrected chi connectivity index (χ1v) is 5.23. The Kier molecular flexibility index (Phi) is 5.60. The number of amides is 1. The van der Waals surface area contributed by atoms with E-state index < -0.39 is 0 Å². The second kappa shape index (κ2) is 7.03. The number of hydrogen-bond acceptors (Lipinski definition) is 4. The molecular weight excluding hydrogens is 208 g/mol. The zero-order valence-corrected chi connectivity index (χ0v) is 9.66. The fourth-order valence-corrected chi connectivity index (χ4v) is 1.33.